The van der Waals surface area contributed by atoms with Gasteiger partial charge in [-0.3, -0.25) is 9.69 Å². The lowest BCUT2D eigenvalue weighted by atomic mass is 10.1. The second kappa shape index (κ2) is 7.76. The summed E-state index contributed by atoms with van der Waals surface area (Å²) in [6.07, 6.45) is 2.76. The van der Waals surface area contributed by atoms with Crippen LogP contribution in [0.5, 0.6) is 5.75 Å². The molecule has 0 N–H and O–H groups in total. The van der Waals surface area contributed by atoms with Crippen LogP contribution in [0.2, 0.25) is 0 Å². The van der Waals surface area contributed by atoms with Gasteiger partial charge in [0.2, 0.25) is 0 Å². The first-order valence-corrected chi connectivity index (χ1v) is 10.2. The van der Waals surface area contributed by atoms with Gasteiger partial charge in [0.15, 0.2) is 0 Å². The Morgan fingerprint density at radius 2 is 2.08 bits per heavy atom. The lowest BCUT2D eigenvalue weighted by molar-refractivity contribution is 0.0631. The molecule has 2 heterocycles. The minimum atomic E-state index is 0.103. The highest BCUT2D eigenvalue weighted by atomic mass is 32.1. The highest BCUT2D eigenvalue weighted by Gasteiger charge is 2.28. The highest BCUT2D eigenvalue weighted by Crippen LogP contribution is 2.30. The molecule has 1 aliphatic heterocycles. The van der Waals surface area contributed by atoms with Crippen molar-refractivity contribution in [3.05, 3.63) is 45.9 Å². The van der Waals surface area contributed by atoms with Gasteiger partial charge < -0.3 is 9.64 Å². The zero-order valence-electron chi connectivity index (χ0n) is 15.2. The van der Waals surface area contributed by atoms with Crippen LogP contribution in [0.4, 0.5) is 0 Å². The maximum atomic E-state index is 12.8. The third-order valence-electron chi connectivity index (χ3n) is 5.01. The Balaban J connectivity index is 1.32. The number of carbonyl (C=O) groups is 1. The normalized spacial score (nSPS) is 18.1. The SMILES string of the molecule is Cc1nc(COc2cccc(C(=O)N3CCN(CC4CC4)CC3)c2)cs1. The molecule has 1 aliphatic carbocycles. The van der Waals surface area contributed by atoms with E-state index in [9.17, 15) is 4.79 Å². The molecule has 4 rings (SSSR count). The van der Waals surface area contributed by atoms with Crippen molar-refractivity contribution in [2.75, 3.05) is 32.7 Å². The Morgan fingerprint density at radius 1 is 1.27 bits per heavy atom. The molecule has 2 fully saturated rings. The van der Waals surface area contributed by atoms with Crippen molar-refractivity contribution in [3.8, 4) is 5.75 Å². The van der Waals surface area contributed by atoms with Crippen molar-refractivity contribution in [1.82, 2.24) is 14.8 Å². The Kier molecular flexibility index (Phi) is 5.22. The van der Waals surface area contributed by atoms with Gasteiger partial charge in [0.1, 0.15) is 12.4 Å². The highest BCUT2D eigenvalue weighted by molar-refractivity contribution is 7.09. The van der Waals surface area contributed by atoms with Crippen LogP contribution in [-0.2, 0) is 6.61 Å². The first-order valence-electron chi connectivity index (χ1n) is 9.33. The smallest absolute Gasteiger partial charge is 0.254 e. The Morgan fingerprint density at radius 3 is 2.77 bits per heavy atom. The van der Waals surface area contributed by atoms with Gasteiger partial charge in [-0.2, -0.15) is 0 Å². The predicted octanol–water partition coefficient (Wildman–Crippen LogP) is 3.20. The van der Waals surface area contributed by atoms with E-state index in [2.05, 4.69) is 9.88 Å². The Hall–Kier alpha value is -1.92. The Labute approximate surface area is 158 Å². The summed E-state index contributed by atoms with van der Waals surface area (Å²) in [4.78, 5) is 21.7. The lowest BCUT2D eigenvalue weighted by Crippen LogP contribution is -2.49. The molecule has 26 heavy (non-hydrogen) atoms. The largest absolute Gasteiger partial charge is 0.487 e. The van der Waals surface area contributed by atoms with Crippen molar-refractivity contribution in [2.24, 2.45) is 5.92 Å². The number of hydrogen-bond donors (Lipinski definition) is 0. The predicted molar refractivity (Wildman–Crippen MR) is 103 cm³/mol. The van der Waals surface area contributed by atoms with E-state index in [0.717, 1.165) is 42.8 Å². The molecule has 2 aromatic rings. The second-order valence-corrected chi connectivity index (χ2v) is 8.27. The summed E-state index contributed by atoms with van der Waals surface area (Å²) in [5.74, 6) is 1.73. The fourth-order valence-electron chi connectivity index (χ4n) is 3.33. The van der Waals surface area contributed by atoms with Crippen LogP contribution in [0.1, 0.15) is 33.9 Å². The third-order valence-corrected chi connectivity index (χ3v) is 5.83. The molecule has 6 heteroatoms. The van der Waals surface area contributed by atoms with Crippen LogP contribution in [0.25, 0.3) is 0 Å². The second-order valence-electron chi connectivity index (χ2n) is 7.21. The molecule has 138 valence electrons. The number of aromatic nitrogens is 1. The molecule has 2 aliphatic rings. The minimum absolute atomic E-state index is 0.103. The quantitative estimate of drug-likeness (QED) is 0.782. The molecule has 1 saturated heterocycles. The van der Waals surface area contributed by atoms with Crippen LogP contribution < -0.4 is 4.74 Å². The molecule has 1 aromatic heterocycles. The number of hydrogen-bond acceptors (Lipinski definition) is 5. The average molecular weight is 372 g/mol. The number of thiazole rings is 1. The first kappa shape index (κ1) is 17.5. The number of nitrogens with zero attached hydrogens (tertiary/aromatic N) is 3. The maximum absolute atomic E-state index is 12.8. The number of benzene rings is 1. The zero-order valence-corrected chi connectivity index (χ0v) is 16.0. The molecular weight excluding hydrogens is 346 g/mol. The van der Waals surface area contributed by atoms with Crippen LogP contribution >= 0.6 is 11.3 Å². The monoisotopic (exact) mass is 371 g/mol. The summed E-state index contributed by atoms with van der Waals surface area (Å²) in [7, 11) is 0. The Bertz CT molecular complexity index is 764. The fraction of sp³-hybridized carbons (Fsp3) is 0.500. The van der Waals surface area contributed by atoms with Crippen LogP contribution in [-0.4, -0.2) is 53.4 Å². The van der Waals surface area contributed by atoms with E-state index in [1.807, 2.05) is 41.5 Å². The van der Waals surface area contributed by atoms with Gasteiger partial charge in [0, 0.05) is 43.7 Å². The minimum Gasteiger partial charge on any atom is -0.487 e. The van der Waals surface area contributed by atoms with Crippen LogP contribution in [0.3, 0.4) is 0 Å². The van der Waals surface area contributed by atoms with E-state index < -0.39 is 0 Å². The number of rotatable bonds is 6. The van der Waals surface area contributed by atoms with Gasteiger partial charge in [-0.15, -0.1) is 11.3 Å². The number of amides is 1. The van der Waals surface area contributed by atoms with Crippen molar-refractivity contribution in [3.63, 3.8) is 0 Å². The topological polar surface area (TPSA) is 45.7 Å². The summed E-state index contributed by atoms with van der Waals surface area (Å²) >= 11 is 1.62. The summed E-state index contributed by atoms with van der Waals surface area (Å²) in [6, 6.07) is 7.50. The van der Waals surface area contributed by atoms with Gasteiger partial charge in [0.05, 0.1) is 10.7 Å². The van der Waals surface area contributed by atoms with E-state index in [0.29, 0.717) is 17.9 Å². The first-order chi connectivity index (χ1) is 12.7. The molecule has 1 amide bonds. The van der Waals surface area contributed by atoms with E-state index in [4.69, 9.17) is 4.74 Å². The van der Waals surface area contributed by atoms with E-state index >= 15 is 0 Å². The van der Waals surface area contributed by atoms with Crippen LogP contribution in [0.15, 0.2) is 29.6 Å². The molecule has 0 unspecified atom stereocenters. The van der Waals surface area contributed by atoms with Crippen LogP contribution in [0, 0.1) is 12.8 Å². The van der Waals surface area contributed by atoms with Gasteiger partial charge in [0.25, 0.3) is 5.91 Å². The van der Waals surface area contributed by atoms with Crippen molar-refractivity contribution in [2.45, 2.75) is 26.4 Å². The molecule has 1 saturated carbocycles. The van der Waals surface area contributed by atoms with Gasteiger partial charge in [-0.05, 0) is 43.9 Å². The molecule has 0 bridgehead atoms. The van der Waals surface area contributed by atoms with E-state index in [-0.39, 0.29) is 5.91 Å². The summed E-state index contributed by atoms with van der Waals surface area (Å²) in [5.41, 5.74) is 1.63. The molecule has 0 radical (unpaired) electrons. The van der Waals surface area contributed by atoms with E-state index in [1.54, 1.807) is 11.3 Å². The summed E-state index contributed by atoms with van der Waals surface area (Å²) < 4.78 is 5.82. The van der Waals surface area contributed by atoms with E-state index in [1.165, 1.54) is 19.4 Å². The maximum Gasteiger partial charge on any atom is 0.254 e. The molecular formula is C20H25N3O2S. The number of ether oxygens (including phenoxy) is 1. The van der Waals surface area contributed by atoms with Gasteiger partial charge >= 0.3 is 0 Å². The molecule has 0 atom stereocenters. The summed E-state index contributed by atoms with van der Waals surface area (Å²) in [6.45, 7) is 7.23. The zero-order chi connectivity index (χ0) is 17.9. The third kappa shape index (κ3) is 4.43. The summed E-state index contributed by atoms with van der Waals surface area (Å²) in [5, 5.41) is 3.04. The fourth-order valence-corrected chi connectivity index (χ4v) is 3.93. The van der Waals surface area contributed by atoms with Crippen molar-refractivity contribution >= 4 is 17.2 Å². The molecule has 0 spiro atoms. The lowest BCUT2D eigenvalue weighted by Gasteiger charge is -2.34. The average Bonchev–Trinajstić information content (AvgIpc) is 3.38. The van der Waals surface area contributed by atoms with Crippen molar-refractivity contribution < 1.29 is 9.53 Å². The number of piperazine rings is 1. The van der Waals surface area contributed by atoms with Gasteiger partial charge in [-0.1, -0.05) is 6.07 Å². The van der Waals surface area contributed by atoms with Crippen molar-refractivity contribution in [1.29, 1.82) is 0 Å². The number of aryl methyl sites for hydroxylation is 1. The molecule has 1 aromatic carbocycles. The molecule has 5 nitrogen and oxygen atoms in total. The standard InChI is InChI=1S/C20H25N3O2S/c1-15-21-18(14-26-15)13-25-19-4-2-3-17(11-19)20(24)23-9-7-22(8-10-23)12-16-5-6-16/h2-4,11,14,16H,5-10,12-13H2,1H3. The number of carbonyl (C=O) groups excluding carboxylic acids is 1. The van der Waals surface area contributed by atoms with Gasteiger partial charge in [-0.25, -0.2) is 4.98 Å².